The summed E-state index contributed by atoms with van der Waals surface area (Å²) < 4.78 is 38.6. The van der Waals surface area contributed by atoms with E-state index in [1.54, 1.807) is 11.9 Å². The maximum Gasteiger partial charge on any atom is 0.416 e. The molecule has 2 aromatic carbocycles. The van der Waals surface area contributed by atoms with E-state index in [-0.39, 0.29) is 5.69 Å². The third-order valence-corrected chi connectivity index (χ3v) is 3.31. The molecule has 3 nitrogen and oxygen atoms in total. The lowest BCUT2D eigenvalue weighted by atomic mass is 10.1. The maximum atomic E-state index is 12.9. The summed E-state index contributed by atoms with van der Waals surface area (Å²) in [7, 11) is 1.76. The number of nitrogens with zero attached hydrogens (tertiary/aromatic N) is 1. The van der Waals surface area contributed by atoms with Crippen LogP contribution in [0.2, 0.25) is 0 Å². The molecule has 23 heavy (non-hydrogen) atoms. The number of nitrogens with one attached hydrogen (secondary N) is 1. The third kappa shape index (κ3) is 4.48. The Morgan fingerprint density at radius 2 is 1.78 bits per heavy atom. The number of carbonyl (C=O) groups excluding carboxylic acids is 1. The van der Waals surface area contributed by atoms with Gasteiger partial charge in [-0.15, -0.1) is 0 Å². The van der Waals surface area contributed by atoms with Crippen molar-refractivity contribution < 1.29 is 18.0 Å². The monoisotopic (exact) mass is 322 g/mol. The number of hydrogen-bond acceptors (Lipinski definition) is 2. The van der Waals surface area contributed by atoms with Crippen LogP contribution in [0.25, 0.3) is 0 Å². The van der Waals surface area contributed by atoms with Crippen molar-refractivity contribution in [3.05, 3.63) is 59.7 Å². The van der Waals surface area contributed by atoms with Crippen LogP contribution < -0.4 is 10.2 Å². The highest BCUT2D eigenvalue weighted by Crippen LogP contribution is 2.35. The summed E-state index contributed by atoms with van der Waals surface area (Å²) >= 11 is 0. The first-order chi connectivity index (χ1) is 10.8. The van der Waals surface area contributed by atoms with Crippen molar-refractivity contribution in [2.75, 3.05) is 17.3 Å². The highest BCUT2D eigenvalue weighted by Gasteiger charge is 2.31. The highest BCUT2D eigenvalue weighted by molar-refractivity contribution is 5.93. The zero-order valence-corrected chi connectivity index (χ0v) is 12.8. The van der Waals surface area contributed by atoms with E-state index in [9.17, 15) is 18.0 Å². The van der Waals surface area contributed by atoms with Crippen LogP contribution >= 0.6 is 0 Å². The van der Waals surface area contributed by atoms with E-state index in [0.717, 1.165) is 17.7 Å². The van der Waals surface area contributed by atoms with Gasteiger partial charge in [-0.3, -0.25) is 4.79 Å². The first kappa shape index (κ1) is 16.9. The molecule has 2 aromatic rings. The summed E-state index contributed by atoms with van der Waals surface area (Å²) in [5.74, 6) is -0.418. The van der Waals surface area contributed by atoms with Crippen molar-refractivity contribution in [3.63, 3.8) is 0 Å². The Kier molecular flexibility index (Phi) is 4.93. The number of amides is 1. The van der Waals surface area contributed by atoms with E-state index in [1.165, 1.54) is 13.0 Å². The molecule has 0 fully saturated rings. The van der Waals surface area contributed by atoms with Crippen LogP contribution in [0, 0.1) is 0 Å². The number of halogens is 3. The lowest BCUT2D eigenvalue weighted by Crippen LogP contribution is -2.20. The summed E-state index contributed by atoms with van der Waals surface area (Å²) in [5, 5.41) is 2.47. The van der Waals surface area contributed by atoms with Gasteiger partial charge >= 0.3 is 6.18 Å². The number of hydrogen-bond donors (Lipinski definition) is 1. The van der Waals surface area contributed by atoms with Crippen LogP contribution in [0.1, 0.15) is 18.1 Å². The van der Waals surface area contributed by atoms with Crippen LogP contribution in [0.3, 0.4) is 0 Å². The molecule has 0 bridgehead atoms. The molecule has 0 aliphatic rings. The fourth-order valence-electron chi connectivity index (χ4n) is 2.28. The van der Waals surface area contributed by atoms with Crippen molar-refractivity contribution in [1.29, 1.82) is 0 Å². The predicted octanol–water partition coefficient (Wildman–Crippen LogP) is 4.30. The van der Waals surface area contributed by atoms with Gasteiger partial charge in [0, 0.05) is 20.5 Å². The van der Waals surface area contributed by atoms with Crippen LogP contribution in [0.4, 0.5) is 24.5 Å². The molecule has 0 atom stereocenters. The molecule has 0 aromatic heterocycles. The zero-order valence-electron chi connectivity index (χ0n) is 12.8. The fourth-order valence-corrected chi connectivity index (χ4v) is 2.28. The summed E-state index contributed by atoms with van der Waals surface area (Å²) in [6.45, 7) is 1.78. The quantitative estimate of drug-likeness (QED) is 0.910. The first-order valence-corrected chi connectivity index (χ1v) is 7.01. The Balaban J connectivity index is 2.34. The number of benzene rings is 2. The Morgan fingerprint density at radius 1 is 1.13 bits per heavy atom. The van der Waals surface area contributed by atoms with Crippen LogP contribution in [0.5, 0.6) is 0 Å². The van der Waals surface area contributed by atoms with Gasteiger partial charge in [0.15, 0.2) is 0 Å². The normalized spacial score (nSPS) is 11.2. The molecule has 0 saturated carbocycles. The molecule has 0 spiro atoms. The molecule has 1 N–H and O–H groups in total. The second-order valence-electron chi connectivity index (χ2n) is 5.25. The van der Waals surface area contributed by atoms with E-state index in [1.807, 2.05) is 30.3 Å². The van der Waals surface area contributed by atoms with Crippen molar-refractivity contribution in [1.82, 2.24) is 0 Å². The molecule has 0 unspecified atom stereocenters. The number of alkyl halides is 3. The van der Waals surface area contributed by atoms with E-state index in [4.69, 9.17) is 0 Å². The molecular formula is C17H17F3N2O. The molecule has 1 amide bonds. The minimum absolute atomic E-state index is 0.144. The smallest absolute Gasteiger partial charge is 0.369 e. The maximum absolute atomic E-state index is 12.9. The predicted molar refractivity (Wildman–Crippen MR) is 84.3 cm³/mol. The SMILES string of the molecule is CC(=O)Nc1cc(C(F)(F)F)ccc1N(C)Cc1ccccc1. The number of anilines is 2. The van der Waals surface area contributed by atoms with Gasteiger partial charge in [0.1, 0.15) is 0 Å². The van der Waals surface area contributed by atoms with E-state index in [0.29, 0.717) is 12.2 Å². The van der Waals surface area contributed by atoms with Gasteiger partial charge in [0.25, 0.3) is 0 Å². The van der Waals surface area contributed by atoms with Crippen molar-refractivity contribution in [2.45, 2.75) is 19.6 Å². The summed E-state index contributed by atoms with van der Waals surface area (Å²) in [6.07, 6.45) is -4.45. The molecule has 0 saturated heterocycles. The number of carbonyl (C=O) groups is 1. The van der Waals surface area contributed by atoms with Crippen LogP contribution in [-0.2, 0) is 17.5 Å². The second kappa shape index (κ2) is 6.73. The molecule has 0 radical (unpaired) electrons. The van der Waals surface area contributed by atoms with E-state index >= 15 is 0 Å². The minimum atomic E-state index is -4.45. The largest absolute Gasteiger partial charge is 0.416 e. The average Bonchev–Trinajstić information content (AvgIpc) is 2.46. The van der Waals surface area contributed by atoms with Gasteiger partial charge in [-0.05, 0) is 23.8 Å². The number of rotatable bonds is 4. The van der Waals surface area contributed by atoms with Gasteiger partial charge < -0.3 is 10.2 Å². The molecule has 0 heterocycles. The molecule has 6 heteroatoms. The fraction of sp³-hybridized carbons (Fsp3) is 0.235. The average molecular weight is 322 g/mol. The van der Waals surface area contributed by atoms with Crippen LogP contribution in [0.15, 0.2) is 48.5 Å². The van der Waals surface area contributed by atoms with Crippen molar-refractivity contribution >= 4 is 17.3 Å². The zero-order chi connectivity index (χ0) is 17.0. The lowest BCUT2D eigenvalue weighted by molar-refractivity contribution is -0.137. The second-order valence-corrected chi connectivity index (χ2v) is 5.25. The minimum Gasteiger partial charge on any atom is -0.369 e. The molecule has 2 rings (SSSR count). The van der Waals surface area contributed by atoms with Crippen LogP contribution in [-0.4, -0.2) is 13.0 Å². The Morgan fingerprint density at radius 3 is 2.35 bits per heavy atom. The summed E-state index contributed by atoms with van der Waals surface area (Å²) in [4.78, 5) is 13.1. The molecular weight excluding hydrogens is 305 g/mol. The summed E-state index contributed by atoms with van der Waals surface area (Å²) in [5.41, 5.74) is 0.893. The lowest BCUT2D eigenvalue weighted by Gasteiger charge is -2.23. The van der Waals surface area contributed by atoms with Crippen molar-refractivity contribution in [2.24, 2.45) is 0 Å². The standard InChI is InChI=1S/C17H17F3N2O/c1-12(23)21-15-10-14(17(18,19)20)8-9-16(15)22(2)11-13-6-4-3-5-7-13/h3-10H,11H2,1-2H3,(H,21,23). The molecule has 122 valence electrons. The molecule has 0 aliphatic carbocycles. The third-order valence-electron chi connectivity index (χ3n) is 3.31. The van der Waals surface area contributed by atoms with Gasteiger partial charge in [-0.2, -0.15) is 13.2 Å². The first-order valence-electron chi connectivity index (χ1n) is 7.01. The van der Waals surface area contributed by atoms with Crippen molar-refractivity contribution in [3.8, 4) is 0 Å². The van der Waals surface area contributed by atoms with Gasteiger partial charge in [-0.25, -0.2) is 0 Å². The Hall–Kier alpha value is -2.50. The van der Waals surface area contributed by atoms with E-state index < -0.39 is 17.6 Å². The Bertz CT molecular complexity index is 684. The van der Waals surface area contributed by atoms with Gasteiger partial charge in [0.05, 0.1) is 16.9 Å². The van der Waals surface area contributed by atoms with Gasteiger partial charge in [0.2, 0.25) is 5.91 Å². The summed E-state index contributed by atoms with van der Waals surface area (Å²) in [6, 6.07) is 12.9. The Labute approximate surface area is 132 Å². The van der Waals surface area contributed by atoms with E-state index in [2.05, 4.69) is 5.32 Å². The van der Waals surface area contributed by atoms with Gasteiger partial charge in [-0.1, -0.05) is 30.3 Å². The molecule has 0 aliphatic heterocycles. The topological polar surface area (TPSA) is 32.3 Å². The highest BCUT2D eigenvalue weighted by atomic mass is 19.4.